The average molecular weight is 1300 g/mol. The molecular formula is C84H171MgO4P. The molecule has 0 aliphatic carbocycles. The van der Waals surface area contributed by atoms with Crippen molar-refractivity contribution in [1.82, 2.24) is 0 Å². The standard InChI is InChI=1S/C84H171O4P.Mg/c1-4-7-10-13-16-19-22-25-28-31-34-37-40-43-46-49-52-55-58-61-64-67-70-73-76-79-82-86-89(85,87-83-80-77-74-71-68-65-62-59-56-53-50-47-44-41-38-35-32-29-26-23-20-17-14-11-8-5-2)88-84-81-78-75-72-69-66-63-60-57-54-51-48-45-42-39-36-33-30-27-24-21-18-15-12-9-6-3;/h4-84H2,1-3H3;. The molecule has 0 spiro atoms. The molecule has 0 aromatic carbocycles. The Labute approximate surface area is 586 Å². The monoisotopic (exact) mass is 1300 g/mol. The summed E-state index contributed by atoms with van der Waals surface area (Å²) in [4.78, 5) is 0. The summed E-state index contributed by atoms with van der Waals surface area (Å²) >= 11 is 0. The number of rotatable bonds is 84. The van der Waals surface area contributed by atoms with E-state index >= 15 is 0 Å². The van der Waals surface area contributed by atoms with E-state index in [1.807, 2.05) is 0 Å². The van der Waals surface area contributed by atoms with E-state index in [0.29, 0.717) is 19.8 Å². The fraction of sp³-hybridized carbons (Fsp3) is 1.00. The Bertz CT molecular complexity index is 1120. The van der Waals surface area contributed by atoms with Crippen molar-refractivity contribution in [2.45, 2.75) is 522 Å². The molecule has 4 nitrogen and oxygen atoms in total. The van der Waals surface area contributed by atoms with E-state index in [1.54, 1.807) is 0 Å². The minimum atomic E-state index is -3.52. The molecule has 0 saturated carbocycles. The average Bonchev–Trinajstić information content (AvgIpc) is 3.73. The van der Waals surface area contributed by atoms with Gasteiger partial charge in [0.2, 0.25) is 0 Å². The van der Waals surface area contributed by atoms with Crippen molar-refractivity contribution in [3.8, 4) is 0 Å². The van der Waals surface area contributed by atoms with Crippen LogP contribution in [0, 0.1) is 0 Å². The van der Waals surface area contributed by atoms with E-state index < -0.39 is 7.82 Å². The molecule has 0 fully saturated rings. The van der Waals surface area contributed by atoms with Crippen LogP contribution in [-0.4, -0.2) is 42.9 Å². The van der Waals surface area contributed by atoms with Crippen molar-refractivity contribution in [3.05, 3.63) is 0 Å². The van der Waals surface area contributed by atoms with Crippen molar-refractivity contribution in [2.24, 2.45) is 0 Å². The first kappa shape index (κ1) is 92.9. The van der Waals surface area contributed by atoms with Crippen LogP contribution in [0.15, 0.2) is 0 Å². The quantitative estimate of drug-likeness (QED) is 0.0346. The van der Waals surface area contributed by atoms with Crippen molar-refractivity contribution in [3.63, 3.8) is 0 Å². The Hall–Kier alpha value is 0.876. The van der Waals surface area contributed by atoms with Crippen LogP contribution in [-0.2, 0) is 18.1 Å². The number of hydrogen-bond donors (Lipinski definition) is 0. The lowest BCUT2D eigenvalue weighted by Crippen LogP contribution is -2.04. The van der Waals surface area contributed by atoms with Gasteiger partial charge in [0.1, 0.15) is 0 Å². The second-order valence-corrected chi connectivity index (χ2v) is 31.1. The van der Waals surface area contributed by atoms with Crippen LogP contribution < -0.4 is 0 Å². The minimum Gasteiger partial charge on any atom is -0.287 e. The minimum absolute atomic E-state index is 0. The van der Waals surface area contributed by atoms with Crippen LogP contribution in [0.2, 0.25) is 0 Å². The van der Waals surface area contributed by atoms with Crippen molar-refractivity contribution in [1.29, 1.82) is 0 Å². The topological polar surface area (TPSA) is 44.8 Å². The highest BCUT2D eigenvalue weighted by Crippen LogP contribution is 2.50. The third kappa shape index (κ3) is 83.1. The SMILES string of the molecule is CCCCCCCCCCCCCCCCCCCCCCCCCCCCOP(=O)(OCCCCCCCCCCCCCCCCCCCCCCCCCCCC)OCCCCCCCCCCCCCCCCCCCCCCCCCCCC.[Mg]. The Morgan fingerprint density at radius 2 is 0.222 bits per heavy atom. The first-order valence-corrected chi connectivity index (χ1v) is 44.2. The maximum Gasteiger partial charge on any atom is 0.474 e. The van der Waals surface area contributed by atoms with Gasteiger partial charge in [-0.15, -0.1) is 0 Å². The molecule has 0 N–H and O–H groups in total. The maximum absolute atomic E-state index is 13.9. The molecule has 0 aliphatic heterocycles. The second-order valence-electron chi connectivity index (χ2n) is 29.5. The number of phosphoric acid groups is 1. The van der Waals surface area contributed by atoms with Gasteiger partial charge < -0.3 is 0 Å². The molecule has 0 bridgehead atoms. The summed E-state index contributed by atoms with van der Waals surface area (Å²) in [5.41, 5.74) is 0. The van der Waals surface area contributed by atoms with Crippen LogP contribution >= 0.6 is 7.82 Å². The Kier molecular flexibility index (Phi) is 88.8. The van der Waals surface area contributed by atoms with E-state index in [2.05, 4.69) is 20.8 Å². The van der Waals surface area contributed by atoms with Crippen molar-refractivity contribution >= 4 is 30.9 Å². The molecule has 0 heterocycles. The van der Waals surface area contributed by atoms with E-state index in [9.17, 15) is 4.57 Å². The molecule has 538 valence electrons. The lowest BCUT2D eigenvalue weighted by molar-refractivity contribution is 0.108. The molecule has 0 unspecified atom stereocenters. The Balaban J connectivity index is 0. The summed E-state index contributed by atoms with van der Waals surface area (Å²) in [7, 11) is -3.52. The first-order chi connectivity index (χ1) is 44.2. The van der Waals surface area contributed by atoms with E-state index in [4.69, 9.17) is 13.6 Å². The zero-order chi connectivity index (χ0) is 63.9. The fourth-order valence-electron chi connectivity index (χ4n) is 13.9. The number of hydrogen-bond acceptors (Lipinski definition) is 4. The third-order valence-corrected chi connectivity index (χ3v) is 21.7. The molecule has 2 radical (unpaired) electrons. The maximum atomic E-state index is 13.9. The molecule has 0 rings (SSSR count). The molecule has 90 heavy (non-hydrogen) atoms. The molecule has 0 amide bonds. The highest BCUT2D eigenvalue weighted by atomic mass is 31.2. The normalized spacial score (nSPS) is 11.9. The second kappa shape index (κ2) is 86.0. The third-order valence-electron chi connectivity index (χ3n) is 20.2. The predicted octanol–water partition coefficient (Wildman–Crippen LogP) is 32.3. The van der Waals surface area contributed by atoms with E-state index in [1.165, 1.54) is 462 Å². The molecular weight excluding hydrogens is 1130 g/mol. The van der Waals surface area contributed by atoms with Gasteiger partial charge in [-0.1, -0.05) is 502 Å². The van der Waals surface area contributed by atoms with Crippen LogP contribution in [0.1, 0.15) is 522 Å². The van der Waals surface area contributed by atoms with Crippen LogP contribution in [0.5, 0.6) is 0 Å². The van der Waals surface area contributed by atoms with Gasteiger partial charge in [-0.25, -0.2) is 4.57 Å². The number of phosphoric ester groups is 1. The van der Waals surface area contributed by atoms with Gasteiger partial charge in [0.25, 0.3) is 0 Å². The largest absolute Gasteiger partial charge is 0.474 e. The van der Waals surface area contributed by atoms with Crippen LogP contribution in [0.4, 0.5) is 0 Å². The van der Waals surface area contributed by atoms with Gasteiger partial charge in [0.15, 0.2) is 0 Å². The predicted molar refractivity (Wildman–Crippen MR) is 408 cm³/mol. The first-order valence-electron chi connectivity index (χ1n) is 42.7. The van der Waals surface area contributed by atoms with Gasteiger partial charge >= 0.3 is 7.82 Å². The van der Waals surface area contributed by atoms with Crippen molar-refractivity contribution in [2.75, 3.05) is 19.8 Å². The lowest BCUT2D eigenvalue weighted by atomic mass is 10.0. The van der Waals surface area contributed by atoms with Crippen molar-refractivity contribution < 1.29 is 18.1 Å². The molecule has 0 saturated heterocycles. The summed E-state index contributed by atoms with van der Waals surface area (Å²) in [6.07, 6.45) is 109. The molecule has 0 aliphatic rings. The van der Waals surface area contributed by atoms with E-state index in [0.717, 1.165) is 38.5 Å². The fourth-order valence-corrected chi connectivity index (χ4v) is 15.2. The number of unbranched alkanes of at least 4 members (excludes halogenated alkanes) is 75. The van der Waals surface area contributed by atoms with Crippen LogP contribution in [0.25, 0.3) is 0 Å². The highest BCUT2D eigenvalue weighted by Gasteiger charge is 2.26. The summed E-state index contributed by atoms with van der Waals surface area (Å²) in [5, 5.41) is 0. The Morgan fingerprint density at radius 1 is 0.144 bits per heavy atom. The smallest absolute Gasteiger partial charge is 0.287 e. The molecule has 0 aromatic rings. The lowest BCUT2D eigenvalue weighted by Gasteiger charge is -2.18. The summed E-state index contributed by atoms with van der Waals surface area (Å²) < 4.78 is 31.9. The van der Waals surface area contributed by atoms with Gasteiger partial charge in [-0.3, -0.25) is 13.6 Å². The zero-order valence-electron chi connectivity index (χ0n) is 63.1. The summed E-state index contributed by atoms with van der Waals surface area (Å²) in [5.74, 6) is 0. The van der Waals surface area contributed by atoms with Gasteiger partial charge in [-0.05, 0) is 19.3 Å². The molecule has 0 aromatic heterocycles. The summed E-state index contributed by atoms with van der Waals surface area (Å²) in [6, 6.07) is 0. The highest BCUT2D eigenvalue weighted by molar-refractivity contribution is 7.48. The van der Waals surface area contributed by atoms with Crippen LogP contribution in [0.3, 0.4) is 0 Å². The van der Waals surface area contributed by atoms with E-state index in [-0.39, 0.29) is 23.1 Å². The van der Waals surface area contributed by atoms with Gasteiger partial charge in [-0.2, -0.15) is 0 Å². The zero-order valence-corrected chi connectivity index (χ0v) is 65.4. The van der Waals surface area contributed by atoms with Gasteiger partial charge in [0.05, 0.1) is 19.8 Å². The van der Waals surface area contributed by atoms with Gasteiger partial charge in [0, 0.05) is 23.1 Å². The molecule has 0 atom stereocenters. The molecule has 6 heteroatoms. The Morgan fingerprint density at radius 3 is 0.311 bits per heavy atom. The summed E-state index contributed by atoms with van der Waals surface area (Å²) in [6.45, 7) is 8.38.